The van der Waals surface area contributed by atoms with Crippen molar-refractivity contribution in [3.63, 3.8) is 0 Å². The van der Waals surface area contributed by atoms with Gasteiger partial charge in [-0.15, -0.1) is 0 Å². The fraction of sp³-hybridized carbons (Fsp3) is 0.375. The van der Waals surface area contributed by atoms with E-state index in [4.69, 9.17) is 17.0 Å². The number of benzene rings is 1. The van der Waals surface area contributed by atoms with Crippen molar-refractivity contribution in [2.45, 2.75) is 33.4 Å². The Bertz CT molecular complexity index is 790. The lowest BCUT2D eigenvalue weighted by Crippen LogP contribution is -2.31. The van der Waals surface area contributed by atoms with E-state index >= 15 is 0 Å². The second-order valence-electron chi connectivity index (χ2n) is 5.46. The van der Waals surface area contributed by atoms with E-state index in [2.05, 4.69) is 15.7 Å². The van der Waals surface area contributed by atoms with Crippen LogP contribution >= 0.6 is 12.2 Å². The zero-order valence-electron chi connectivity index (χ0n) is 14.6. The van der Waals surface area contributed by atoms with Crippen LogP contribution in [0.15, 0.2) is 24.4 Å². The van der Waals surface area contributed by atoms with Gasteiger partial charge in [0, 0.05) is 23.9 Å². The summed E-state index contributed by atoms with van der Waals surface area (Å²) in [6.45, 7) is 6.85. The second-order valence-corrected chi connectivity index (χ2v) is 5.87. The van der Waals surface area contributed by atoms with E-state index in [1.165, 1.54) is 19.2 Å². The number of aryl methyl sites for hydroxylation is 1. The molecule has 0 bridgehead atoms. The molecule has 134 valence electrons. The van der Waals surface area contributed by atoms with E-state index in [1.54, 1.807) is 6.07 Å². The Morgan fingerprint density at radius 3 is 2.80 bits per heavy atom. The van der Waals surface area contributed by atoms with Crippen molar-refractivity contribution < 1.29 is 9.66 Å². The first kappa shape index (κ1) is 18.7. The van der Waals surface area contributed by atoms with Crippen molar-refractivity contribution in [1.82, 2.24) is 15.1 Å². The monoisotopic (exact) mass is 363 g/mol. The molecular formula is C16H21N5O3S. The second kappa shape index (κ2) is 7.93. The number of aromatic nitrogens is 2. The number of nitro groups is 1. The maximum Gasteiger partial charge on any atom is 0.273 e. The molecule has 0 saturated heterocycles. The molecule has 0 saturated carbocycles. The molecular weight excluding hydrogens is 342 g/mol. The van der Waals surface area contributed by atoms with Gasteiger partial charge in [0.15, 0.2) is 5.11 Å². The van der Waals surface area contributed by atoms with Gasteiger partial charge in [-0.1, -0.05) is 0 Å². The first-order chi connectivity index (χ1) is 11.9. The first-order valence-corrected chi connectivity index (χ1v) is 8.20. The third-order valence-electron chi connectivity index (χ3n) is 3.90. The Labute approximate surface area is 151 Å². The number of methoxy groups -OCH3 is 1. The van der Waals surface area contributed by atoms with Crippen LogP contribution < -0.4 is 15.4 Å². The SMILES string of the molecule is CCn1ncc(C(C)NC(=S)Nc2ccc([N+](=O)[O-])cc2OC)c1C. The number of nitrogens with one attached hydrogen (secondary N) is 2. The number of ether oxygens (including phenoxy) is 1. The summed E-state index contributed by atoms with van der Waals surface area (Å²) >= 11 is 5.34. The van der Waals surface area contributed by atoms with Gasteiger partial charge >= 0.3 is 0 Å². The summed E-state index contributed by atoms with van der Waals surface area (Å²) in [5.41, 5.74) is 2.65. The summed E-state index contributed by atoms with van der Waals surface area (Å²) in [6, 6.07) is 4.27. The fourth-order valence-electron chi connectivity index (χ4n) is 2.53. The minimum Gasteiger partial charge on any atom is -0.494 e. The standard InChI is InChI=1S/C16H21N5O3S/c1-5-20-11(3)13(9-17-20)10(2)18-16(25)19-14-7-6-12(21(22)23)8-15(14)24-4/h6-10H,5H2,1-4H3,(H2,18,19,25). The van der Waals surface area contributed by atoms with Gasteiger partial charge in [-0.05, 0) is 39.1 Å². The van der Waals surface area contributed by atoms with Crippen molar-refractivity contribution in [2.24, 2.45) is 0 Å². The average Bonchev–Trinajstić information content (AvgIpc) is 2.95. The molecule has 0 amide bonds. The molecule has 0 aliphatic carbocycles. The highest BCUT2D eigenvalue weighted by molar-refractivity contribution is 7.80. The molecule has 0 spiro atoms. The topological polar surface area (TPSA) is 94.2 Å². The maximum absolute atomic E-state index is 10.8. The maximum atomic E-state index is 10.8. The van der Waals surface area contributed by atoms with Crippen LogP contribution in [0.5, 0.6) is 5.75 Å². The third kappa shape index (κ3) is 4.24. The minimum absolute atomic E-state index is 0.0376. The summed E-state index contributed by atoms with van der Waals surface area (Å²) in [5.74, 6) is 0.348. The van der Waals surface area contributed by atoms with Gasteiger partial charge in [-0.25, -0.2) is 0 Å². The zero-order chi connectivity index (χ0) is 18.6. The molecule has 2 N–H and O–H groups in total. The molecule has 0 radical (unpaired) electrons. The van der Waals surface area contributed by atoms with E-state index in [0.717, 1.165) is 17.8 Å². The van der Waals surface area contributed by atoms with Gasteiger partial charge in [0.25, 0.3) is 5.69 Å². The zero-order valence-corrected chi connectivity index (χ0v) is 15.4. The van der Waals surface area contributed by atoms with Gasteiger partial charge in [0.2, 0.25) is 0 Å². The molecule has 9 heteroatoms. The number of hydrogen-bond donors (Lipinski definition) is 2. The molecule has 1 aromatic heterocycles. The predicted molar refractivity (Wildman–Crippen MR) is 100 cm³/mol. The molecule has 0 aliphatic heterocycles. The molecule has 25 heavy (non-hydrogen) atoms. The molecule has 1 unspecified atom stereocenters. The van der Waals surface area contributed by atoms with E-state index in [9.17, 15) is 10.1 Å². The van der Waals surface area contributed by atoms with Crippen LogP contribution in [0.4, 0.5) is 11.4 Å². The normalized spacial score (nSPS) is 11.7. The van der Waals surface area contributed by atoms with Gasteiger partial charge in [0.05, 0.1) is 36.0 Å². The lowest BCUT2D eigenvalue weighted by atomic mass is 10.1. The van der Waals surface area contributed by atoms with Crippen LogP contribution in [0.1, 0.15) is 31.1 Å². The molecule has 8 nitrogen and oxygen atoms in total. The van der Waals surface area contributed by atoms with Crippen molar-refractivity contribution >= 4 is 28.7 Å². The predicted octanol–water partition coefficient (Wildman–Crippen LogP) is 3.18. The van der Waals surface area contributed by atoms with E-state index in [-0.39, 0.29) is 11.7 Å². The third-order valence-corrected chi connectivity index (χ3v) is 4.12. The molecule has 1 atom stereocenters. The lowest BCUT2D eigenvalue weighted by Gasteiger charge is -2.18. The Morgan fingerprint density at radius 1 is 1.52 bits per heavy atom. The van der Waals surface area contributed by atoms with Crippen LogP contribution in [-0.4, -0.2) is 26.9 Å². The largest absolute Gasteiger partial charge is 0.494 e. The highest BCUT2D eigenvalue weighted by Crippen LogP contribution is 2.29. The van der Waals surface area contributed by atoms with Crippen LogP contribution in [0.25, 0.3) is 0 Å². The molecule has 1 aromatic carbocycles. The van der Waals surface area contributed by atoms with Gasteiger partial charge in [0.1, 0.15) is 5.75 Å². The quantitative estimate of drug-likeness (QED) is 0.462. The molecule has 2 aromatic rings. The number of hydrogen-bond acceptors (Lipinski definition) is 5. The van der Waals surface area contributed by atoms with Crippen molar-refractivity contribution in [2.75, 3.05) is 12.4 Å². The average molecular weight is 363 g/mol. The summed E-state index contributed by atoms with van der Waals surface area (Å²) in [5, 5.41) is 21.8. The van der Waals surface area contributed by atoms with Crippen LogP contribution in [0, 0.1) is 17.0 Å². The lowest BCUT2D eigenvalue weighted by molar-refractivity contribution is -0.384. The van der Waals surface area contributed by atoms with Crippen molar-refractivity contribution in [3.8, 4) is 5.75 Å². The van der Waals surface area contributed by atoms with Crippen LogP contribution in [0.2, 0.25) is 0 Å². The number of thiocarbonyl (C=S) groups is 1. The summed E-state index contributed by atoms with van der Waals surface area (Å²) in [6.07, 6.45) is 1.82. The highest BCUT2D eigenvalue weighted by atomic mass is 32.1. The summed E-state index contributed by atoms with van der Waals surface area (Å²) in [4.78, 5) is 10.4. The number of nitrogens with zero attached hydrogens (tertiary/aromatic N) is 3. The van der Waals surface area contributed by atoms with Gasteiger partial charge < -0.3 is 15.4 Å². The van der Waals surface area contributed by atoms with Crippen LogP contribution in [-0.2, 0) is 6.54 Å². The molecule has 0 fully saturated rings. The smallest absolute Gasteiger partial charge is 0.273 e. The number of nitro benzene ring substituents is 1. The van der Waals surface area contributed by atoms with E-state index < -0.39 is 4.92 Å². The number of non-ortho nitro benzene ring substituents is 1. The van der Waals surface area contributed by atoms with Gasteiger partial charge in [-0.2, -0.15) is 5.10 Å². The Morgan fingerprint density at radius 2 is 2.24 bits per heavy atom. The number of rotatable bonds is 6. The van der Waals surface area contributed by atoms with Crippen molar-refractivity contribution in [1.29, 1.82) is 0 Å². The van der Waals surface area contributed by atoms with E-state index in [1.807, 2.05) is 31.6 Å². The first-order valence-electron chi connectivity index (χ1n) is 7.79. The van der Waals surface area contributed by atoms with Crippen LogP contribution in [0.3, 0.4) is 0 Å². The Hall–Kier alpha value is -2.68. The molecule has 0 aliphatic rings. The number of anilines is 1. The Balaban J connectivity index is 2.09. The summed E-state index contributed by atoms with van der Waals surface area (Å²) < 4.78 is 7.12. The summed E-state index contributed by atoms with van der Waals surface area (Å²) in [7, 11) is 1.45. The Kier molecular flexibility index (Phi) is 5.92. The minimum atomic E-state index is -0.473. The van der Waals surface area contributed by atoms with Crippen molar-refractivity contribution in [3.05, 3.63) is 45.8 Å². The molecule has 2 rings (SSSR count). The van der Waals surface area contributed by atoms with Gasteiger partial charge in [-0.3, -0.25) is 14.8 Å². The fourth-order valence-corrected chi connectivity index (χ4v) is 2.82. The molecule has 1 heterocycles. The van der Waals surface area contributed by atoms with E-state index in [0.29, 0.717) is 16.5 Å². The highest BCUT2D eigenvalue weighted by Gasteiger charge is 2.16.